The Balaban J connectivity index is 2.11. The van der Waals surface area contributed by atoms with Crippen LogP contribution in [0.1, 0.15) is 25.0 Å². The predicted octanol–water partition coefficient (Wildman–Crippen LogP) is 1.88. The number of aliphatic imine (C=N–C) groups is 1. The lowest BCUT2D eigenvalue weighted by molar-refractivity contribution is -0.215. The molecule has 1 aliphatic rings. The van der Waals surface area contributed by atoms with Gasteiger partial charge in [0.1, 0.15) is 12.3 Å². The van der Waals surface area contributed by atoms with E-state index in [9.17, 15) is 0 Å². The molecule has 0 bridgehead atoms. The Hall–Kier alpha value is -2.40. The minimum atomic E-state index is -0.338. The minimum Gasteiger partial charge on any atom is -0.377 e. The van der Waals surface area contributed by atoms with Crippen molar-refractivity contribution in [2.75, 3.05) is 52.5 Å². The van der Waals surface area contributed by atoms with Crippen molar-refractivity contribution in [1.82, 2.24) is 0 Å². The van der Waals surface area contributed by atoms with Crippen molar-refractivity contribution in [1.29, 1.82) is 0 Å². The molecule has 0 atom stereocenters. The van der Waals surface area contributed by atoms with E-state index >= 15 is 0 Å². The number of methoxy groups -OCH3 is 1. The lowest BCUT2D eigenvalue weighted by Crippen LogP contribution is -2.39. The maximum absolute atomic E-state index is 5.70. The molecule has 0 aliphatic carbocycles. The number of rotatable bonds is 6. The van der Waals surface area contributed by atoms with E-state index in [-0.39, 0.29) is 11.7 Å². The average molecular weight is 386 g/mol. The Morgan fingerprint density at radius 1 is 1.36 bits per heavy atom. The zero-order chi connectivity index (χ0) is 20.6. The molecule has 0 amide bonds. The van der Waals surface area contributed by atoms with E-state index in [0.717, 1.165) is 16.8 Å². The molecule has 2 N–H and O–H groups in total. The first kappa shape index (κ1) is 21.9. The first-order valence-electron chi connectivity index (χ1n) is 9.17. The summed E-state index contributed by atoms with van der Waals surface area (Å²) in [5.74, 6) is 11.7. The molecule has 0 spiro atoms. The summed E-state index contributed by atoms with van der Waals surface area (Å²) in [4.78, 5) is 6.42. The van der Waals surface area contributed by atoms with Crippen LogP contribution >= 0.6 is 0 Å². The molecule has 7 nitrogen and oxygen atoms in total. The number of hydrogen-bond acceptors (Lipinski definition) is 7. The van der Waals surface area contributed by atoms with Crippen molar-refractivity contribution in [3.63, 3.8) is 0 Å². The second-order valence-electron chi connectivity index (χ2n) is 7.59. The van der Waals surface area contributed by atoms with Gasteiger partial charge in [-0.05, 0) is 18.2 Å². The van der Waals surface area contributed by atoms with Gasteiger partial charge in [0.05, 0.1) is 19.8 Å². The highest BCUT2D eigenvalue weighted by atomic mass is 16.7. The lowest BCUT2D eigenvalue weighted by atomic mass is 9.96. The smallest absolute Gasteiger partial charge is 0.176 e. The molecule has 152 valence electrons. The number of benzene rings is 1. The van der Waals surface area contributed by atoms with E-state index in [2.05, 4.69) is 35.8 Å². The van der Waals surface area contributed by atoms with E-state index < -0.39 is 0 Å². The third-order valence-corrected chi connectivity index (χ3v) is 4.13. The quantitative estimate of drug-likeness (QED) is 0.349. The molecule has 1 saturated heterocycles. The summed E-state index contributed by atoms with van der Waals surface area (Å²) in [5.41, 5.74) is 3.34. The minimum absolute atomic E-state index is 0.0403. The standard InChI is InChI=1S/C21H30N4O3/c1-21(2)14-27-20(28-15-21)13-23-12-18(24-22)17-9-8-16(7-6-10-26-5)11-19(17)25(3)4/h8-9,11-12,20H,10,13-15,22H2,1-5H3/b23-12?,24-18+. The molecule has 0 unspecified atom stereocenters. The van der Waals surface area contributed by atoms with Crippen LogP contribution < -0.4 is 10.7 Å². The Morgan fingerprint density at radius 2 is 2.07 bits per heavy atom. The van der Waals surface area contributed by atoms with Crippen LogP contribution in [-0.4, -0.2) is 65.8 Å². The summed E-state index contributed by atoms with van der Waals surface area (Å²) in [7, 11) is 5.54. The molecule has 0 radical (unpaired) electrons. The highest BCUT2D eigenvalue weighted by Crippen LogP contribution is 2.23. The SMILES string of the molecule is COCC#Cc1ccc(/C(C=NCC2OCC(C)(C)CO2)=N/N)c(N(C)C)c1. The Morgan fingerprint density at radius 3 is 2.68 bits per heavy atom. The van der Waals surface area contributed by atoms with E-state index in [1.54, 1.807) is 13.3 Å². The van der Waals surface area contributed by atoms with Crippen molar-refractivity contribution in [3.05, 3.63) is 29.3 Å². The summed E-state index contributed by atoms with van der Waals surface area (Å²) in [6.07, 6.45) is 1.32. The topological polar surface area (TPSA) is 81.7 Å². The van der Waals surface area contributed by atoms with Gasteiger partial charge in [-0.3, -0.25) is 4.99 Å². The van der Waals surface area contributed by atoms with Gasteiger partial charge < -0.3 is 25.0 Å². The number of ether oxygens (including phenoxy) is 3. The van der Waals surface area contributed by atoms with Gasteiger partial charge in [0.25, 0.3) is 0 Å². The molecule has 1 aliphatic heterocycles. The van der Waals surface area contributed by atoms with Crippen LogP contribution in [0.3, 0.4) is 0 Å². The van der Waals surface area contributed by atoms with Gasteiger partial charge in [0.2, 0.25) is 0 Å². The van der Waals surface area contributed by atoms with Gasteiger partial charge in [-0.2, -0.15) is 5.10 Å². The fourth-order valence-corrected chi connectivity index (χ4v) is 2.64. The molecule has 28 heavy (non-hydrogen) atoms. The third-order valence-electron chi connectivity index (χ3n) is 4.13. The van der Waals surface area contributed by atoms with E-state index in [1.165, 1.54) is 0 Å². The van der Waals surface area contributed by atoms with E-state index in [0.29, 0.717) is 32.1 Å². The van der Waals surface area contributed by atoms with Gasteiger partial charge in [-0.1, -0.05) is 25.7 Å². The average Bonchev–Trinajstić information content (AvgIpc) is 2.67. The summed E-state index contributed by atoms with van der Waals surface area (Å²) < 4.78 is 16.4. The summed E-state index contributed by atoms with van der Waals surface area (Å²) in [6, 6.07) is 5.87. The van der Waals surface area contributed by atoms with Crippen molar-refractivity contribution < 1.29 is 14.2 Å². The number of anilines is 1. The molecular weight excluding hydrogens is 356 g/mol. The molecule has 7 heteroatoms. The molecule has 0 aromatic heterocycles. The molecule has 1 heterocycles. The monoisotopic (exact) mass is 386 g/mol. The van der Waals surface area contributed by atoms with Crippen LogP contribution in [0.5, 0.6) is 0 Å². The highest BCUT2D eigenvalue weighted by Gasteiger charge is 2.27. The van der Waals surface area contributed by atoms with Gasteiger partial charge in [-0.25, -0.2) is 0 Å². The first-order chi connectivity index (χ1) is 13.4. The van der Waals surface area contributed by atoms with Crippen LogP contribution in [-0.2, 0) is 14.2 Å². The van der Waals surface area contributed by atoms with Crippen LogP contribution in [0.4, 0.5) is 5.69 Å². The Kier molecular flexibility index (Phi) is 8.00. The molecule has 1 aromatic carbocycles. The fraction of sp³-hybridized carbons (Fsp3) is 0.524. The van der Waals surface area contributed by atoms with E-state index in [1.807, 2.05) is 37.2 Å². The zero-order valence-electron chi connectivity index (χ0n) is 17.4. The number of hydrazone groups is 1. The molecule has 0 saturated carbocycles. The van der Waals surface area contributed by atoms with Gasteiger partial charge >= 0.3 is 0 Å². The first-order valence-corrected chi connectivity index (χ1v) is 9.17. The van der Waals surface area contributed by atoms with E-state index in [4.69, 9.17) is 20.1 Å². The van der Waals surface area contributed by atoms with Crippen LogP contribution in [0.15, 0.2) is 28.3 Å². The number of nitrogens with zero attached hydrogens (tertiary/aromatic N) is 3. The maximum atomic E-state index is 5.70. The Bertz CT molecular complexity index is 766. The molecule has 1 aromatic rings. The molecular formula is C21H30N4O3. The number of nitrogens with two attached hydrogens (primary N) is 1. The van der Waals surface area contributed by atoms with Crippen molar-refractivity contribution in [2.24, 2.45) is 21.4 Å². The van der Waals surface area contributed by atoms with Crippen molar-refractivity contribution in [2.45, 2.75) is 20.1 Å². The number of hydrogen-bond donors (Lipinski definition) is 1. The third kappa shape index (κ3) is 6.34. The van der Waals surface area contributed by atoms with Crippen molar-refractivity contribution >= 4 is 17.6 Å². The summed E-state index contributed by atoms with van der Waals surface area (Å²) in [6.45, 7) is 6.31. The zero-order valence-corrected chi connectivity index (χ0v) is 17.4. The highest BCUT2D eigenvalue weighted by molar-refractivity contribution is 6.39. The van der Waals surface area contributed by atoms with Gasteiger partial charge in [0.15, 0.2) is 6.29 Å². The van der Waals surface area contributed by atoms with Crippen molar-refractivity contribution in [3.8, 4) is 11.8 Å². The second-order valence-corrected chi connectivity index (χ2v) is 7.59. The largest absolute Gasteiger partial charge is 0.377 e. The molecule has 2 rings (SSSR count). The summed E-state index contributed by atoms with van der Waals surface area (Å²) >= 11 is 0. The Labute approximate surface area is 167 Å². The van der Waals surface area contributed by atoms with Crippen LogP contribution in [0, 0.1) is 17.3 Å². The van der Waals surface area contributed by atoms with Gasteiger partial charge in [0, 0.05) is 49.6 Å². The normalized spacial score (nSPS) is 17.4. The fourth-order valence-electron chi connectivity index (χ4n) is 2.64. The van der Waals surface area contributed by atoms with Crippen LogP contribution in [0.25, 0.3) is 0 Å². The summed E-state index contributed by atoms with van der Waals surface area (Å²) in [5, 5.41) is 3.92. The molecule has 1 fully saturated rings. The maximum Gasteiger partial charge on any atom is 0.176 e. The second kappa shape index (κ2) is 10.2. The predicted molar refractivity (Wildman–Crippen MR) is 113 cm³/mol. The van der Waals surface area contributed by atoms with Crippen LogP contribution in [0.2, 0.25) is 0 Å². The lowest BCUT2D eigenvalue weighted by Gasteiger charge is -2.33. The van der Waals surface area contributed by atoms with Gasteiger partial charge in [-0.15, -0.1) is 0 Å².